The fraction of sp³-hybridized carbons (Fsp3) is 0.467. The minimum atomic E-state index is -0.464. The van der Waals surface area contributed by atoms with Crippen LogP contribution in [0.3, 0.4) is 0 Å². The van der Waals surface area contributed by atoms with E-state index in [-0.39, 0.29) is 0 Å². The van der Waals surface area contributed by atoms with Crippen LogP contribution in [0.5, 0.6) is 0 Å². The molecule has 124 valence electrons. The van der Waals surface area contributed by atoms with Gasteiger partial charge in [0.1, 0.15) is 11.0 Å². The molecule has 0 spiro atoms. The van der Waals surface area contributed by atoms with Gasteiger partial charge in [-0.05, 0) is 6.92 Å². The Kier molecular flexibility index (Phi) is 5.28. The third-order valence-corrected chi connectivity index (χ3v) is 3.11. The average molecular weight is 317 g/mol. The molecule has 0 aliphatic carbocycles. The molecule has 8 nitrogen and oxygen atoms in total. The lowest BCUT2D eigenvalue weighted by Gasteiger charge is -2.20. The van der Waals surface area contributed by atoms with Crippen LogP contribution in [0.2, 0.25) is 0 Å². The summed E-state index contributed by atoms with van der Waals surface area (Å²) in [5, 5.41) is 12.6. The Hall–Kier alpha value is -2.48. The van der Waals surface area contributed by atoms with Gasteiger partial charge in [-0.15, -0.1) is 6.58 Å². The molecule has 2 heterocycles. The molecule has 0 aliphatic heterocycles. The second kappa shape index (κ2) is 7.19. The zero-order valence-corrected chi connectivity index (χ0v) is 14.0. The van der Waals surface area contributed by atoms with E-state index in [9.17, 15) is 5.11 Å². The number of hydrogen-bond acceptors (Lipinski definition) is 8. The minimum Gasteiger partial charge on any atom is -0.392 e. The first-order valence-corrected chi connectivity index (χ1v) is 7.38. The first-order valence-electron chi connectivity index (χ1n) is 7.38. The van der Waals surface area contributed by atoms with E-state index in [1.807, 2.05) is 26.0 Å². The van der Waals surface area contributed by atoms with E-state index < -0.39 is 6.10 Å². The molecule has 8 heteroatoms. The fourth-order valence-corrected chi connectivity index (χ4v) is 2.12. The minimum absolute atomic E-state index is 0.447. The maximum atomic E-state index is 9.51. The number of fused-ring (bicyclic) bond motifs is 1. The van der Waals surface area contributed by atoms with Crippen molar-refractivity contribution in [2.45, 2.75) is 13.0 Å². The highest BCUT2D eigenvalue weighted by molar-refractivity contribution is 5.86. The molecule has 2 aromatic heterocycles. The van der Waals surface area contributed by atoms with E-state index in [0.29, 0.717) is 41.8 Å². The monoisotopic (exact) mass is 317 g/mol. The van der Waals surface area contributed by atoms with Crippen LogP contribution in [-0.2, 0) is 0 Å². The number of anilines is 3. The van der Waals surface area contributed by atoms with E-state index in [0.717, 1.165) is 0 Å². The lowest BCUT2D eigenvalue weighted by atomic mass is 10.3. The van der Waals surface area contributed by atoms with Crippen LogP contribution in [0.15, 0.2) is 18.9 Å². The van der Waals surface area contributed by atoms with Crippen molar-refractivity contribution in [3.05, 3.63) is 18.9 Å². The van der Waals surface area contributed by atoms with Crippen LogP contribution in [0.4, 0.5) is 17.7 Å². The Balaban J connectivity index is 2.47. The summed E-state index contributed by atoms with van der Waals surface area (Å²) < 4.78 is 0. The topological polar surface area (TPSA) is 90.3 Å². The fourth-order valence-electron chi connectivity index (χ4n) is 2.12. The molecule has 2 rings (SSSR count). The van der Waals surface area contributed by atoms with Gasteiger partial charge in [-0.3, -0.25) is 0 Å². The van der Waals surface area contributed by atoms with Gasteiger partial charge in [0.05, 0.1) is 12.3 Å². The molecule has 1 atom stereocenters. The van der Waals surface area contributed by atoms with Gasteiger partial charge in [0.15, 0.2) is 5.82 Å². The maximum Gasteiger partial charge on any atom is 0.225 e. The molecule has 1 unspecified atom stereocenters. The van der Waals surface area contributed by atoms with Crippen LogP contribution in [0, 0.1) is 0 Å². The highest BCUT2D eigenvalue weighted by atomic mass is 16.3. The first-order chi connectivity index (χ1) is 10.9. The summed E-state index contributed by atoms with van der Waals surface area (Å²) in [4.78, 5) is 21.5. The van der Waals surface area contributed by atoms with Crippen LogP contribution < -0.4 is 15.1 Å². The molecular formula is C15H23N7O. The third kappa shape index (κ3) is 4.04. The molecule has 0 saturated heterocycles. The summed E-state index contributed by atoms with van der Waals surface area (Å²) in [5.41, 5.74) is 1.33. The molecule has 0 fully saturated rings. The molecule has 0 saturated carbocycles. The molecule has 0 aromatic carbocycles. The van der Waals surface area contributed by atoms with E-state index in [1.54, 1.807) is 24.1 Å². The first kappa shape index (κ1) is 16.9. The zero-order valence-electron chi connectivity index (χ0n) is 14.0. The summed E-state index contributed by atoms with van der Waals surface area (Å²) in [6.45, 7) is 6.42. The predicted molar refractivity (Wildman–Crippen MR) is 93.1 cm³/mol. The van der Waals surface area contributed by atoms with Crippen molar-refractivity contribution in [3.63, 3.8) is 0 Å². The van der Waals surface area contributed by atoms with Crippen molar-refractivity contribution < 1.29 is 5.11 Å². The number of nitrogens with zero attached hydrogens (tertiary/aromatic N) is 6. The number of hydrogen-bond donors (Lipinski definition) is 2. The van der Waals surface area contributed by atoms with Gasteiger partial charge in [-0.1, -0.05) is 6.08 Å². The third-order valence-electron chi connectivity index (χ3n) is 3.11. The van der Waals surface area contributed by atoms with Gasteiger partial charge in [-0.2, -0.15) is 4.98 Å². The van der Waals surface area contributed by atoms with Crippen LogP contribution in [0.1, 0.15) is 6.92 Å². The Bertz CT molecular complexity index is 687. The maximum absolute atomic E-state index is 9.51. The Morgan fingerprint density at radius 2 is 2.04 bits per heavy atom. The highest BCUT2D eigenvalue weighted by Crippen LogP contribution is 2.23. The molecule has 2 N–H and O–H groups in total. The lowest BCUT2D eigenvalue weighted by molar-refractivity contribution is 0.201. The second-order valence-corrected chi connectivity index (χ2v) is 5.57. The van der Waals surface area contributed by atoms with E-state index in [2.05, 4.69) is 31.8 Å². The number of aliphatic hydroxyl groups excluding tert-OH is 1. The van der Waals surface area contributed by atoms with Crippen molar-refractivity contribution in [1.29, 1.82) is 0 Å². The smallest absolute Gasteiger partial charge is 0.225 e. The van der Waals surface area contributed by atoms with Crippen molar-refractivity contribution >= 4 is 28.7 Å². The summed E-state index contributed by atoms with van der Waals surface area (Å²) in [6, 6.07) is 0. The normalized spacial score (nSPS) is 12.0. The molecule has 0 radical (unpaired) electrons. The van der Waals surface area contributed by atoms with Gasteiger partial charge >= 0.3 is 0 Å². The van der Waals surface area contributed by atoms with Gasteiger partial charge in [0.25, 0.3) is 0 Å². The SMILES string of the molecule is C=CCNc1nc(N(C)C)c2nc(N(C)CC(C)O)ncc2n1. The molecule has 23 heavy (non-hydrogen) atoms. The summed E-state index contributed by atoms with van der Waals surface area (Å²) in [6.07, 6.45) is 2.95. The number of likely N-dealkylation sites (N-methyl/N-ethyl adjacent to an activating group) is 1. The standard InChI is InChI=1S/C15H23N7O/c1-6-7-16-14-18-11-8-17-15(22(5)9-10(2)23)19-12(11)13(20-14)21(3)4/h6,8,10,23H,1,7,9H2,2-5H3,(H,16,18,20). The van der Waals surface area contributed by atoms with Crippen molar-refractivity contribution in [3.8, 4) is 0 Å². The van der Waals surface area contributed by atoms with Crippen LogP contribution >= 0.6 is 0 Å². The molecular weight excluding hydrogens is 294 g/mol. The highest BCUT2D eigenvalue weighted by Gasteiger charge is 2.14. The van der Waals surface area contributed by atoms with Gasteiger partial charge < -0.3 is 20.2 Å². The van der Waals surface area contributed by atoms with Crippen molar-refractivity contribution in [2.75, 3.05) is 49.3 Å². The van der Waals surface area contributed by atoms with E-state index in [4.69, 9.17) is 0 Å². The Morgan fingerprint density at radius 3 is 2.65 bits per heavy atom. The van der Waals surface area contributed by atoms with Gasteiger partial charge in [0, 0.05) is 34.2 Å². The van der Waals surface area contributed by atoms with Gasteiger partial charge in [0.2, 0.25) is 11.9 Å². The van der Waals surface area contributed by atoms with Crippen molar-refractivity contribution in [1.82, 2.24) is 19.9 Å². The number of rotatable bonds is 7. The largest absolute Gasteiger partial charge is 0.392 e. The summed E-state index contributed by atoms with van der Waals surface area (Å²) in [5.74, 6) is 1.74. The van der Waals surface area contributed by atoms with Crippen LogP contribution in [0.25, 0.3) is 11.0 Å². The average Bonchev–Trinajstić information content (AvgIpc) is 2.50. The molecule has 0 amide bonds. The van der Waals surface area contributed by atoms with Crippen molar-refractivity contribution in [2.24, 2.45) is 0 Å². The quantitative estimate of drug-likeness (QED) is 0.728. The van der Waals surface area contributed by atoms with E-state index in [1.165, 1.54) is 0 Å². The zero-order chi connectivity index (χ0) is 17.0. The summed E-state index contributed by atoms with van der Waals surface area (Å²) in [7, 11) is 5.64. The number of aliphatic hydroxyl groups is 1. The van der Waals surface area contributed by atoms with Gasteiger partial charge in [-0.25, -0.2) is 15.0 Å². The molecule has 0 aliphatic rings. The number of aromatic nitrogens is 4. The van der Waals surface area contributed by atoms with Crippen LogP contribution in [-0.4, -0.2) is 65.4 Å². The molecule has 2 aromatic rings. The summed E-state index contributed by atoms with van der Waals surface area (Å²) >= 11 is 0. The second-order valence-electron chi connectivity index (χ2n) is 5.57. The number of nitrogens with one attached hydrogen (secondary N) is 1. The van der Waals surface area contributed by atoms with E-state index >= 15 is 0 Å². The predicted octanol–water partition coefficient (Wildman–Crippen LogP) is 0.901. The Labute approximate surface area is 135 Å². The Morgan fingerprint density at radius 1 is 1.30 bits per heavy atom. The lowest BCUT2D eigenvalue weighted by Crippen LogP contribution is -2.28. The molecule has 0 bridgehead atoms.